The lowest BCUT2D eigenvalue weighted by Crippen LogP contribution is -2.19. The van der Waals surface area contributed by atoms with Crippen LogP contribution in [-0.2, 0) is 13.5 Å². The first-order valence-corrected chi connectivity index (χ1v) is 3.95. The van der Waals surface area contributed by atoms with E-state index in [9.17, 15) is 0 Å². The molecule has 1 unspecified atom stereocenters. The van der Waals surface area contributed by atoms with Gasteiger partial charge < -0.3 is 10.8 Å². The zero-order valence-corrected chi connectivity index (χ0v) is 7.36. The van der Waals surface area contributed by atoms with Crippen molar-refractivity contribution >= 4 is 0 Å². The Bertz CT molecular complexity index is 258. The first kappa shape index (κ1) is 9.15. The second-order valence-corrected chi connectivity index (χ2v) is 2.65. The van der Waals surface area contributed by atoms with Crippen molar-refractivity contribution in [2.24, 2.45) is 12.8 Å². The van der Waals surface area contributed by atoms with Crippen molar-refractivity contribution in [3.63, 3.8) is 0 Å². The standard InChI is InChI=1S/C7H14N4O/c1-3-6-9-7(5(8)4-12)11(2)10-6/h5,12H,3-4,8H2,1-2H3. The molecule has 0 bridgehead atoms. The molecular formula is C7H14N4O. The number of aromatic nitrogens is 3. The highest BCUT2D eigenvalue weighted by Crippen LogP contribution is 2.05. The van der Waals surface area contributed by atoms with E-state index in [-0.39, 0.29) is 6.61 Å². The second-order valence-electron chi connectivity index (χ2n) is 2.65. The van der Waals surface area contributed by atoms with E-state index in [0.29, 0.717) is 5.82 Å². The number of rotatable bonds is 3. The third-order valence-electron chi connectivity index (χ3n) is 1.69. The minimum atomic E-state index is -0.428. The van der Waals surface area contributed by atoms with Gasteiger partial charge in [-0.25, -0.2) is 4.98 Å². The summed E-state index contributed by atoms with van der Waals surface area (Å²) in [4.78, 5) is 4.17. The minimum Gasteiger partial charge on any atom is -0.394 e. The second kappa shape index (κ2) is 3.64. The molecule has 5 heteroatoms. The van der Waals surface area contributed by atoms with Crippen LogP contribution in [0.5, 0.6) is 0 Å². The Balaban J connectivity index is 2.91. The van der Waals surface area contributed by atoms with Gasteiger partial charge in [-0.05, 0) is 0 Å². The number of aliphatic hydroxyl groups is 1. The van der Waals surface area contributed by atoms with Crippen LogP contribution in [0.4, 0.5) is 0 Å². The fourth-order valence-corrected chi connectivity index (χ4v) is 1.01. The van der Waals surface area contributed by atoms with Crippen LogP contribution in [0, 0.1) is 0 Å². The number of aryl methyl sites for hydroxylation is 2. The van der Waals surface area contributed by atoms with Gasteiger partial charge in [0.2, 0.25) is 0 Å². The number of hydrogen-bond acceptors (Lipinski definition) is 4. The molecule has 68 valence electrons. The van der Waals surface area contributed by atoms with Crippen molar-refractivity contribution in [1.82, 2.24) is 14.8 Å². The highest BCUT2D eigenvalue weighted by Gasteiger charge is 2.12. The molecule has 3 N–H and O–H groups in total. The zero-order valence-electron chi connectivity index (χ0n) is 7.36. The van der Waals surface area contributed by atoms with E-state index in [0.717, 1.165) is 12.2 Å². The van der Waals surface area contributed by atoms with Crippen LogP contribution < -0.4 is 5.73 Å². The van der Waals surface area contributed by atoms with Gasteiger partial charge in [0.15, 0.2) is 5.82 Å². The van der Waals surface area contributed by atoms with Gasteiger partial charge in [0, 0.05) is 13.5 Å². The lowest BCUT2D eigenvalue weighted by Gasteiger charge is -2.04. The van der Waals surface area contributed by atoms with Gasteiger partial charge in [-0.2, -0.15) is 5.10 Å². The van der Waals surface area contributed by atoms with E-state index in [2.05, 4.69) is 10.1 Å². The molecule has 0 aliphatic carbocycles. The normalized spacial score (nSPS) is 13.3. The van der Waals surface area contributed by atoms with Gasteiger partial charge in [-0.15, -0.1) is 0 Å². The van der Waals surface area contributed by atoms with Crippen molar-refractivity contribution < 1.29 is 5.11 Å². The molecule has 0 saturated heterocycles. The molecule has 1 aromatic rings. The summed E-state index contributed by atoms with van der Waals surface area (Å²) < 4.78 is 1.61. The zero-order chi connectivity index (χ0) is 9.14. The largest absolute Gasteiger partial charge is 0.394 e. The molecule has 0 radical (unpaired) electrons. The number of hydrogen-bond donors (Lipinski definition) is 2. The Hall–Kier alpha value is -0.940. The number of nitrogens with zero attached hydrogens (tertiary/aromatic N) is 3. The molecule has 1 atom stereocenters. The first-order chi connectivity index (χ1) is 5.69. The van der Waals surface area contributed by atoms with Crippen molar-refractivity contribution in [2.45, 2.75) is 19.4 Å². The summed E-state index contributed by atoms with van der Waals surface area (Å²) in [5, 5.41) is 12.9. The molecule has 0 aliphatic heterocycles. The van der Waals surface area contributed by atoms with Crippen LogP contribution in [0.25, 0.3) is 0 Å². The van der Waals surface area contributed by atoms with E-state index in [1.807, 2.05) is 6.92 Å². The third kappa shape index (κ3) is 1.62. The fraction of sp³-hybridized carbons (Fsp3) is 0.714. The maximum absolute atomic E-state index is 8.79. The Morgan fingerprint density at radius 2 is 2.33 bits per heavy atom. The van der Waals surface area contributed by atoms with E-state index < -0.39 is 6.04 Å². The van der Waals surface area contributed by atoms with E-state index in [4.69, 9.17) is 10.8 Å². The molecule has 0 aliphatic rings. The summed E-state index contributed by atoms with van der Waals surface area (Å²) in [5.74, 6) is 1.39. The molecule has 12 heavy (non-hydrogen) atoms. The van der Waals surface area contributed by atoms with Crippen molar-refractivity contribution in [1.29, 1.82) is 0 Å². The molecule has 0 spiro atoms. The summed E-state index contributed by atoms with van der Waals surface area (Å²) >= 11 is 0. The molecule has 5 nitrogen and oxygen atoms in total. The van der Waals surface area contributed by atoms with Crippen LogP contribution in [-0.4, -0.2) is 26.5 Å². The van der Waals surface area contributed by atoms with Gasteiger partial charge in [0.05, 0.1) is 12.6 Å². The highest BCUT2D eigenvalue weighted by atomic mass is 16.3. The molecule has 1 heterocycles. The SMILES string of the molecule is CCc1nc(C(N)CO)n(C)n1. The monoisotopic (exact) mass is 170 g/mol. The Morgan fingerprint density at radius 3 is 2.75 bits per heavy atom. The summed E-state index contributed by atoms with van der Waals surface area (Å²) in [6, 6.07) is -0.428. The molecule has 0 aromatic carbocycles. The van der Waals surface area contributed by atoms with Gasteiger partial charge in [-0.1, -0.05) is 6.92 Å². The van der Waals surface area contributed by atoms with Crippen LogP contribution in [0.3, 0.4) is 0 Å². The van der Waals surface area contributed by atoms with E-state index >= 15 is 0 Å². The molecule has 1 rings (SSSR count). The van der Waals surface area contributed by atoms with Gasteiger partial charge in [0.25, 0.3) is 0 Å². The average Bonchev–Trinajstić information content (AvgIpc) is 2.45. The maximum Gasteiger partial charge on any atom is 0.150 e. The fourth-order valence-electron chi connectivity index (χ4n) is 1.01. The number of aliphatic hydroxyl groups excluding tert-OH is 1. The van der Waals surface area contributed by atoms with Gasteiger partial charge in [0.1, 0.15) is 5.82 Å². The third-order valence-corrected chi connectivity index (χ3v) is 1.69. The molecule has 0 amide bonds. The van der Waals surface area contributed by atoms with Crippen molar-refractivity contribution in [3.05, 3.63) is 11.6 Å². The Labute approximate surface area is 71.2 Å². The average molecular weight is 170 g/mol. The quantitative estimate of drug-likeness (QED) is 0.633. The van der Waals surface area contributed by atoms with Crippen molar-refractivity contribution in [2.75, 3.05) is 6.61 Å². The van der Waals surface area contributed by atoms with Crippen molar-refractivity contribution in [3.8, 4) is 0 Å². The predicted octanol–water partition coefficient (Wildman–Crippen LogP) is -0.630. The van der Waals surface area contributed by atoms with Crippen LogP contribution in [0.1, 0.15) is 24.6 Å². The summed E-state index contributed by atoms with van der Waals surface area (Å²) in [5.41, 5.74) is 5.59. The molecule has 0 fully saturated rings. The maximum atomic E-state index is 8.79. The van der Waals surface area contributed by atoms with Gasteiger partial charge in [-0.3, -0.25) is 4.68 Å². The van der Waals surface area contributed by atoms with Crippen LogP contribution in [0.2, 0.25) is 0 Å². The number of nitrogens with two attached hydrogens (primary N) is 1. The Morgan fingerprint density at radius 1 is 1.67 bits per heavy atom. The molecular weight excluding hydrogens is 156 g/mol. The molecule has 1 aromatic heterocycles. The minimum absolute atomic E-state index is 0.102. The first-order valence-electron chi connectivity index (χ1n) is 3.95. The molecule has 0 saturated carbocycles. The lowest BCUT2D eigenvalue weighted by molar-refractivity contribution is 0.260. The summed E-state index contributed by atoms with van der Waals surface area (Å²) in [6.45, 7) is 1.87. The van der Waals surface area contributed by atoms with E-state index in [1.54, 1.807) is 11.7 Å². The topological polar surface area (TPSA) is 77.0 Å². The smallest absolute Gasteiger partial charge is 0.150 e. The van der Waals surface area contributed by atoms with Crippen LogP contribution in [0.15, 0.2) is 0 Å². The van der Waals surface area contributed by atoms with Gasteiger partial charge >= 0.3 is 0 Å². The van der Waals surface area contributed by atoms with E-state index in [1.165, 1.54) is 0 Å². The lowest BCUT2D eigenvalue weighted by atomic mass is 10.3. The Kier molecular flexibility index (Phi) is 2.78. The summed E-state index contributed by atoms with van der Waals surface area (Å²) in [6.07, 6.45) is 0.784. The predicted molar refractivity (Wildman–Crippen MR) is 44.4 cm³/mol. The highest BCUT2D eigenvalue weighted by molar-refractivity contribution is 4.97. The van der Waals surface area contributed by atoms with Crippen LogP contribution >= 0.6 is 0 Å². The summed E-state index contributed by atoms with van der Waals surface area (Å²) in [7, 11) is 1.77.